The highest BCUT2D eigenvalue weighted by Gasteiger charge is 2.08. The zero-order valence-electron chi connectivity index (χ0n) is 7.63. The first-order chi connectivity index (χ1) is 6.84. The molecule has 1 aliphatic rings. The second-order valence-electron chi connectivity index (χ2n) is 3.62. The van der Waals surface area contributed by atoms with Gasteiger partial charge in [0, 0.05) is 5.02 Å². The number of allylic oxidation sites excluding steroid dienone is 1. The Morgan fingerprint density at radius 1 is 1.14 bits per heavy atom. The molecule has 2 aromatic rings. The summed E-state index contributed by atoms with van der Waals surface area (Å²) in [5.74, 6) is 0. The number of halogens is 1. The summed E-state index contributed by atoms with van der Waals surface area (Å²) in [6.07, 6.45) is 5.37. The maximum absolute atomic E-state index is 6.05. The van der Waals surface area contributed by atoms with Gasteiger partial charge in [0.05, 0.1) is 0 Å². The average Bonchev–Trinajstić information content (AvgIpc) is 2.18. The van der Waals surface area contributed by atoms with Crippen molar-refractivity contribution >= 4 is 28.4 Å². The highest BCUT2D eigenvalue weighted by molar-refractivity contribution is 6.31. The van der Waals surface area contributed by atoms with Gasteiger partial charge in [-0.05, 0) is 40.5 Å². The van der Waals surface area contributed by atoms with Gasteiger partial charge in [-0.25, -0.2) is 0 Å². The van der Waals surface area contributed by atoms with Gasteiger partial charge >= 0.3 is 0 Å². The molecule has 0 aliphatic heterocycles. The Kier molecular flexibility index (Phi) is 1.65. The molecule has 0 radical (unpaired) electrons. The molecule has 0 bridgehead atoms. The van der Waals surface area contributed by atoms with Crippen LogP contribution in [0.15, 0.2) is 36.4 Å². The molecule has 0 saturated heterocycles. The van der Waals surface area contributed by atoms with Crippen LogP contribution >= 0.6 is 11.6 Å². The van der Waals surface area contributed by atoms with Gasteiger partial charge in [-0.3, -0.25) is 0 Å². The Morgan fingerprint density at radius 3 is 3.00 bits per heavy atom. The Bertz CT molecular complexity index is 538. The van der Waals surface area contributed by atoms with Crippen molar-refractivity contribution in [2.45, 2.75) is 6.42 Å². The standard InChI is InChI=1S/C13H9Cl/c14-12-7-10-5-1-3-9-4-2-6-11(8-12)13(9)10/h1-5,7-8H,6H2. The summed E-state index contributed by atoms with van der Waals surface area (Å²) in [6.45, 7) is 0. The van der Waals surface area contributed by atoms with E-state index in [2.05, 4.69) is 36.4 Å². The third-order valence-corrected chi connectivity index (χ3v) is 2.91. The molecule has 2 aromatic carbocycles. The first kappa shape index (κ1) is 8.07. The molecule has 1 heteroatoms. The molecule has 68 valence electrons. The van der Waals surface area contributed by atoms with E-state index >= 15 is 0 Å². The van der Waals surface area contributed by atoms with E-state index in [4.69, 9.17) is 11.6 Å². The third kappa shape index (κ3) is 1.08. The minimum atomic E-state index is 0.833. The van der Waals surface area contributed by atoms with E-state index in [0.29, 0.717) is 0 Å². The molecule has 0 aromatic heterocycles. The van der Waals surface area contributed by atoms with Gasteiger partial charge in [-0.1, -0.05) is 42.0 Å². The molecule has 0 heterocycles. The highest BCUT2D eigenvalue weighted by Crippen LogP contribution is 2.30. The lowest BCUT2D eigenvalue weighted by Gasteiger charge is -2.12. The van der Waals surface area contributed by atoms with Crippen molar-refractivity contribution in [2.24, 2.45) is 0 Å². The van der Waals surface area contributed by atoms with E-state index in [1.807, 2.05) is 6.07 Å². The smallest absolute Gasteiger partial charge is 0.0415 e. The second-order valence-corrected chi connectivity index (χ2v) is 4.05. The van der Waals surface area contributed by atoms with Crippen LogP contribution in [0, 0.1) is 0 Å². The van der Waals surface area contributed by atoms with Crippen molar-refractivity contribution in [3.05, 3.63) is 52.6 Å². The Labute approximate surface area is 87.8 Å². The summed E-state index contributed by atoms with van der Waals surface area (Å²) < 4.78 is 0. The summed E-state index contributed by atoms with van der Waals surface area (Å²) in [7, 11) is 0. The maximum atomic E-state index is 6.05. The van der Waals surface area contributed by atoms with E-state index in [0.717, 1.165) is 11.4 Å². The van der Waals surface area contributed by atoms with Crippen molar-refractivity contribution < 1.29 is 0 Å². The fourth-order valence-electron chi connectivity index (χ4n) is 2.12. The highest BCUT2D eigenvalue weighted by atomic mass is 35.5. The quantitative estimate of drug-likeness (QED) is 0.602. The molecule has 14 heavy (non-hydrogen) atoms. The largest absolute Gasteiger partial charge is 0.0843 e. The molecule has 0 spiro atoms. The lowest BCUT2D eigenvalue weighted by atomic mass is 9.93. The predicted molar refractivity (Wildman–Crippen MR) is 61.7 cm³/mol. The molecular weight excluding hydrogens is 192 g/mol. The minimum absolute atomic E-state index is 0.833. The Hall–Kier alpha value is -1.27. The third-order valence-electron chi connectivity index (χ3n) is 2.69. The molecule has 0 unspecified atom stereocenters. The first-order valence-corrected chi connectivity index (χ1v) is 5.10. The zero-order chi connectivity index (χ0) is 9.54. The van der Waals surface area contributed by atoms with Crippen molar-refractivity contribution in [1.29, 1.82) is 0 Å². The second kappa shape index (κ2) is 2.86. The minimum Gasteiger partial charge on any atom is -0.0843 e. The molecule has 0 amide bonds. The monoisotopic (exact) mass is 200 g/mol. The molecule has 3 rings (SSSR count). The van der Waals surface area contributed by atoms with Crippen LogP contribution in [0.3, 0.4) is 0 Å². The van der Waals surface area contributed by atoms with Crippen LogP contribution in [-0.2, 0) is 6.42 Å². The van der Waals surface area contributed by atoms with Gasteiger partial charge in [-0.15, -0.1) is 0 Å². The van der Waals surface area contributed by atoms with Crippen molar-refractivity contribution in [1.82, 2.24) is 0 Å². The van der Waals surface area contributed by atoms with Crippen LogP contribution in [0.1, 0.15) is 11.1 Å². The average molecular weight is 201 g/mol. The number of hydrogen-bond donors (Lipinski definition) is 0. The lowest BCUT2D eigenvalue weighted by molar-refractivity contribution is 1.29. The summed E-state index contributed by atoms with van der Waals surface area (Å²) in [4.78, 5) is 0. The number of benzene rings is 2. The van der Waals surface area contributed by atoms with E-state index in [1.165, 1.54) is 21.9 Å². The summed E-state index contributed by atoms with van der Waals surface area (Å²) in [5.41, 5.74) is 2.64. The number of hydrogen-bond acceptors (Lipinski definition) is 0. The van der Waals surface area contributed by atoms with Crippen molar-refractivity contribution in [2.75, 3.05) is 0 Å². The zero-order valence-corrected chi connectivity index (χ0v) is 8.38. The van der Waals surface area contributed by atoms with E-state index in [1.54, 1.807) is 0 Å². The maximum Gasteiger partial charge on any atom is 0.0415 e. The fraction of sp³-hybridized carbons (Fsp3) is 0.0769. The van der Waals surface area contributed by atoms with E-state index in [9.17, 15) is 0 Å². The van der Waals surface area contributed by atoms with Gasteiger partial charge in [0.1, 0.15) is 0 Å². The van der Waals surface area contributed by atoms with Crippen LogP contribution < -0.4 is 0 Å². The van der Waals surface area contributed by atoms with Crippen LogP contribution in [0.2, 0.25) is 5.02 Å². The van der Waals surface area contributed by atoms with Gasteiger partial charge < -0.3 is 0 Å². The predicted octanol–water partition coefficient (Wildman–Crippen LogP) is 4.06. The molecule has 1 aliphatic carbocycles. The SMILES string of the molecule is Clc1cc2c3c(cccc3c1)C=CC2. The van der Waals surface area contributed by atoms with Gasteiger partial charge in [0.15, 0.2) is 0 Å². The summed E-state index contributed by atoms with van der Waals surface area (Å²) >= 11 is 6.05. The van der Waals surface area contributed by atoms with Gasteiger partial charge in [0.25, 0.3) is 0 Å². The molecule has 0 nitrogen and oxygen atoms in total. The van der Waals surface area contributed by atoms with Crippen LogP contribution in [0.25, 0.3) is 16.8 Å². The van der Waals surface area contributed by atoms with Crippen LogP contribution in [0.4, 0.5) is 0 Å². The van der Waals surface area contributed by atoms with Crippen LogP contribution in [-0.4, -0.2) is 0 Å². The van der Waals surface area contributed by atoms with E-state index < -0.39 is 0 Å². The van der Waals surface area contributed by atoms with Crippen molar-refractivity contribution in [3.63, 3.8) is 0 Å². The Morgan fingerprint density at radius 2 is 2.07 bits per heavy atom. The lowest BCUT2D eigenvalue weighted by Crippen LogP contribution is -1.92. The summed E-state index contributed by atoms with van der Waals surface area (Å²) in [5, 5.41) is 3.44. The number of rotatable bonds is 0. The Balaban J connectivity index is 2.53. The molecular formula is C13H9Cl. The van der Waals surface area contributed by atoms with Gasteiger partial charge in [0.2, 0.25) is 0 Å². The topological polar surface area (TPSA) is 0 Å². The summed E-state index contributed by atoms with van der Waals surface area (Å²) in [6, 6.07) is 10.4. The fourth-order valence-corrected chi connectivity index (χ4v) is 2.37. The first-order valence-electron chi connectivity index (χ1n) is 4.72. The van der Waals surface area contributed by atoms with E-state index in [-0.39, 0.29) is 0 Å². The van der Waals surface area contributed by atoms with Gasteiger partial charge in [-0.2, -0.15) is 0 Å². The molecule has 0 atom stereocenters. The normalized spacial score (nSPS) is 13.5. The molecule has 0 fully saturated rings. The van der Waals surface area contributed by atoms with Crippen LogP contribution in [0.5, 0.6) is 0 Å². The molecule has 0 saturated carbocycles. The van der Waals surface area contributed by atoms with Crippen molar-refractivity contribution in [3.8, 4) is 0 Å². The molecule has 0 N–H and O–H groups in total.